The Balaban J connectivity index is 1.62. The summed E-state index contributed by atoms with van der Waals surface area (Å²) < 4.78 is 6.98. The summed E-state index contributed by atoms with van der Waals surface area (Å²) in [4.78, 5) is 6.98. The van der Waals surface area contributed by atoms with Crippen molar-refractivity contribution in [3.63, 3.8) is 0 Å². The molecular weight excluding hydrogens is 351 g/mol. The van der Waals surface area contributed by atoms with Crippen LogP contribution in [0.3, 0.4) is 0 Å². The lowest BCUT2D eigenvalue weighted by Crippen LogP contribution is -2.25. The number of ether oxygens (including phenoxy) is 1. The van der Waals surface area contributed by atoms with Gasteiger partial charge in [-0.05, 0) is 72.8 Å². The van der Waals surface area contributed by atoms with E-state index in [0.717, 1.165) is 24.5 Å². The molecule has 0 atom stereocenters. The molecule has 1 fully saturated rings. The van der Waals surface area contributed by atoms with E-state index in [1.165, 1.54) is 34.9 Å². The highest BCUT2D eigenvalue weighted by Gasteiger charge is 2.10. The molecule has 0 aliphatic carbocycles. The summed E-state index contributed by atoms with van der Waals surface area (Å²) in [6, 6.07) is 10.3. The Morgan fingerprint density at radius 1 is 1.16 bits per heavy atom. The van der Waals surface area contributed by atoms with Crippen LogP contribution in [0, 0.1) is 3.57 Å². The van der Waals surface area contributed by atoms with E-state index in [1.54, 1.807) is 0 Å². The normalized spacial score (nSPS) is 16.1. The fraction of sp³-hybridized carbons (Fsp3) is 0.400. The van der Waals surface area contributed by atoms with Crippen LogP contribution in [0.15, 0.2) is 30.3 Å². The molecule has 100 valence electrons. The Morgan fingerprint density at radius 3 is 2.84 bits per heavy atom. The van der Waals surface area contributed by atoms with E-state index in [1.807, 2.05) is 12.1 Å². The summed E-state index contributed by atoms with van der Waals surface area (Å²) in [6.45, 7) is 4.16. The van der Waals surface area contributed by atoms with Crippen molar-refractivity contribution in [2.45, 2.75) is 12.8 Å². The Kier molecular flexibility index (Phi) is 4.18. The number of hydrogen-bond donors (Lipinski definition) is 0. The van der Waals surface area contributed by atoms with Gasteiger partial charge < -0.3 is 4.74 Å². The first kappa shape index (κ1) is 13.1. The van der Waals surface area contributed by atoms with Crippen LogP contribution in [0.1, 0.15) is 12.8 Å². The molecule has 0 spiro atoms. The number of aromatic nitrogens is 1. The molecule has 0 amide bonds. The molecule has 1 aliphatic heterocycles. The molecule has 3 nitrogen and oxygen atoms in total. The molecule has 2 heterocycles. The molecule has 1 aliphatic rings. The van der Waals surface area contributed by atoms with E-state index in [4.69, 9.17) is 4.74 Å². The quantitative estimate of drug-likeness (QED) is 0.775. The van der Waals surface area contributed by atoms with Crippen molar-refractivity contribution in [3.05, 3.63) is 33.9 Å². The fourth-order valence-corrected chi connectivity index (χ4v) is 2.96. The number of halogens is 1. The fourth-order valence-electron chi connectivity index (χ4n) is 2.44. The lowest BCUT2D eigenvalue weighted by Gasteiger charge is -2.14. The molecule has 0 bridgehead atoms. The minimum Gasteiger partial charge on any atom is -0.476 e. The first-order valence-corrected chi connectivity index (χ1v) is 7.81. The summed E-state index contributed by atoms with van der Waals surface area (Å²) >= 11 is 2.32. The molecule has 1 saturated heterocycles. The molecule has 2 aromatic rings. The summed E-state index contributed by atoms with van der Waals surface area (Å²) in [5.74, 6) is 0.730. The van der Waals surface area contributed by atoms with E-state index in [0.29, 0.717) is 0 Å². The van der Waals surface area contributed by atoms with Crippen LogP contribution in [0.5, 0.6) is 5.88 Å². The average molecular weight is 368 g/mol. The largest absolute Gasteiger partial charge is 0.476 e. The van der Waals surface area contributed by atoms with E-state index >= 15 is 0 Å². The van der Waals surface area contributed by atoms with Crippen molar-refractivity contribution in [1.29, 1.82) is 0 Å². The highest BCUT2D eigenvalue weighted by atomic mass is 127. The third-order valence-electron chi connectivity index (χ3n) is 3.48. The van der Waals surface area contributed by atoms with Gasteiger partial charge in [0.2, 0.25) is 5.88 Å². The predicted octanol–water partition coefficient (Wildman–Crippen LogP) is 3.31. The number of likely N-dealkylation sites (tertiary alicyclic amines) is 1. The van der Waals surface area contributed by atoms with Crippen LogP contribution in [0.25, 0.3) is 10.9 Å². The van der Waals surface area contributed by atoms with Gasteiger partial charge in [-0.2, -0.15) is 0 Å². The highest BCUT2D eigenvalue weighted by Crippen LogP contribution is 2.19. The number of benzene rings is 1. The Labute approximate surface area is 127 Å². The van der Waals surface area contributed by atoms with Gasteiger partial charge in [-0.15, -0.1) is 0 Å². The van der Waals surface area contributed by atoms with Crippen LogP contribution in [-0.2, 0) is 0 Å². The van der Waals surface area contributed by atoms with Crippen LogP contribution in [0.4, 0.5) is 0 Å². The van der Waals surface area contributed by atoms with Crippen molar-refractivity contribution in [1.82, 2.24) is 9.88 Å². The molecule has 1 aromatic carbocycles. The number of fused-ring (bicyclic) bond motifs is 1. The zero-order chi connectivity index (χ0) is 13.1. The second-order valence-corrected chi connectivity index (χ2v) is 6.13. The van der Waals surface area contributed by atoms with Crippen molar-refractivity contribution in [3.8, 4) is 5.88 Å². The smallest absolute Gasteiger partial charge is 0.213 e. The molecule has 0 unspecified atom stereocenters. The van der Waals surface area contributed by atoms with Crippen molar-refractivity contribution in [2.24, 2.45) is 0 Å². The first-order chi connectivity index (χ1) is 9.31. The van der Waals surface area contributed by atoms with Crippen LogP contribution in [0.2, 0.25) is 0 Å². The maximum Gasteiger partial charge on any atom is 0.213 e. The zero-order valence-electron chi connectivity index (χ0n) is 10.8. The van der Waals surface area contributed by atoms with Gasteiger partial charge in [-0.1, -0.05) is 0 Å². The number of rotatable bonds is 4. The molecule has 4 heteroatoms. The van der Waals surface area contributed by atoms with E-state index < -0.39 is 0 Å². The SMILES string of the molecule is Ic1ccc2nc(OCCN3CCCC3)ccc2c1. The average Bonchev–Trinajstić information content (AvgIpc) is 2.92. The van der Waals surface area contributed by atoms with Gasteiger partial charge in [0.15, 0.2) is 0 Å². The number of hydrogen-bond acceptors (Lipinski definition) is 3. The summed E-state index contributed by atoms with van der Waals surface area (Å²) in [6.07, 6.45) is 2.65. The summed E-state index contributed by atoms with van der Waals surface area (Å²) in [7, 11) is 0. The van der Waals surface area contributed by atoms with Gasteiger partial charge in [0.1, 0.15) is 6.61 Å². The van der Waals surface area contributed by atoms with Crippen molar-refractivity contribution < 1.29 is 4.74 Å². The molecule has 1 aromatic heterocycles. The van der Waals surface area contributed by atoms with Gasteiger partial charge in [0, 0.05) is 21.6 Å². The lowest BCUT2D eigenvalue weighted by atomic mass is 10.2. The molecule has 3 rings (SSSR count). The van der Waals surface area contributed by atoms with Crippen molar-refractivity contribution in [2.75, 3.05) is 26.2 Å². The zero-order valence-corrected chi connectivity index (χ0v) is 13.0. The molecule has 0 radical (unpaired) electrons. The summed E-state index contributed by atoms with van der Waals surface area (Å²) in [5, 5.41) is 1.17. The summed E-state index contributed by atoms with van der Waals surface area (Å²) in [5.41, 5.74) is 0.999. The maximum absolute atomic E-state index is 5.75. The van der Waals surface area contributed by atoms with Gasteiger partial charge in [0.05, 0.1) is 5.52 Å². The van der Waals surface area contributed by atoms with Gasteiger partial charge in [0.25, 0.3) is 0 Å². The van der Waals surface area contributed by atoms with Gasteiger partial charge >= 0.3 is 0 Å². The van der Waals surface area contributed by atoms with E-state index in [2.05, 4.69) is 50.7 Å². The van der Waals surface area contributed by atoms with Crippen molar-refractivity contribution >= 4 is 33.5 Å². The van der Waals surface area contributed by atoms with Crippen LogP contribution in [-0.4, -0.2) is 36.1 Å². The lowest BCUT2D eigenvalue weighted by molar-refractivity contribution is 0.232. The second-order valence-electron chi connectivity index (χ2n) is 4.88. The topological polar surface area (TPSA) is 25.4 Å². The second kappa shape index (κ2) is 6.05. The van der Waals surface area contributed by atoms with E-state index in [-0.39, 0.29) is 0 Å². The van der Waals surface area contributed by atoms with Crippen LogP contribution < -0.4 is 4.74 Å². The highest BCUT2D eigenvalue weighted by molar-refractivity contribution is 14.1. The monoisotopic (exact) mass is 368 g/mol. The Morgan fingerprint density at radius 2 is 2.00 bits per heavy atom. The minimum atomic E-state index is 0.725. The molecule has 19 heavy (non-hydrogen) atoms. The molecule has 0 saturated carbocycles. The maximum atomic E-state index is 5.75. The number of pyridine rings is 1. The van der Waals surface area contributed by atoms with Crippen LogP contribution >= 0.6 is 22.6 Å². The predicted molar refractivity (Wildman–Crippen MR) is 85.6 cm³/mol. The third kappa shape index (κ3) is 3.36. The number of nitrogens with zero attached hydrogens (tertiary/aromatic N) is 2. The van der Waals surface area contributed by atoms with E-state index in [9.17, 15) is 0 Å². The van der Waals surface area contributed by atoms with Gasteiger partial charge in [-0.25, -0.2) is 4.98 Å². The van der Waals surface area contributed by atoms with Gasteiger partial charge in [-0.3, -0.25) is 4.90 Å². The molecular formula is C15H17IN2O. The minimum absolute atomic E-state index is 0.725. The third-order valence-corrected chi connectivity index (χ3v) is 4.15. The molecule has 0 N–H and O–H groups in total. The Bertz CT molecular complexity index is 567. The Hall–Kier alpha value is -0.880. The first-order valence-electron chi connectivity index (χ1n) is 6.73. The standard InChI is InChI=1S/C15H17IN2O/c16-13-4-5-14-12(11-13)3-6-15(17-14)19-10-9-18-7-1-2-8-18/h3-6,11H,1-2,7-10H2.